The zero-order valence-electron chi connectivity index (χ0n) is 10.7. The van der Waals surface area contributed by atoms with Crippen LogP contribution in [0.4, 0.5) is 10.5 Å². The van der Waals surface area contributed by atoms with Gasteiger partial charge in [-0.2, -0.15) is 0 Å². The van der Waals surface area contributed by atoms with Gasteiger partial charge in [-0.3, -0.25) is 0 Å². The zero-order chi connectivity index (χ0) is 15.1. The quantitative estimate of drug-likeness (QED) is 0.691. The monoisotopic (exact) mass is 342 g/mol. The first-order valence-electron chi connectivity index (χ1n) is 5.79. The Kier molecular flexibility index (Phi) is 6.20. The Hall–Kier alpha value is -1.86. The van der Waals surface area contributed by atoms with Crippen molar-refractivity contribution in [3.05, 3.63) is 40.9 Å². The summed E-state index contributed by atoms with van der Waals surface area (Å²) in [4.78, 5) is 24.3. The minimum Gasteiger partial charge on any atom is -0.478 e. The lowest BCUT2D eigenvalue weighted by atomic mass is 10.2. The summed E-state index contributed by atoms with van der Waals surface area (Å²) in [6.45, 7) is 3.82. The van der Waals surface area contributed by atoms with Gasteiger partial charge in [-0.15, -0.1) is 6.58 Å². The second-order valence-corrected chi connectivity index (χ2v) is 4.84. The minimum atomic E-state index is -1.08. The first-order chi connectivity index (χ1) is 9.47. The first-order valence-corrected chi connectivity index (χ1v) is 6.58. The lowest BCUT2D eigenvalue weighted by molar-refractivity contribution is 0.0697. The van der Waals surface area contributed by atoms with E-state index in [-0.39, 0.29) is 25.3 Å². The molecule has 20 heavy (non-hydrogen) atoms. The van der Waals surface area contributed by atoms with Gasteiger partial charge in [0.15, 0.2) is 0 Å². The van der Waals surface area contributed by atoms with Crippen molar-refractivity contribution < 1.29 is 19.8 Å². The van der Waals surface area contributed by atoms with Crippen molar-refractivity contribution in [2.45, 2.75) is 0 Å². The second kappa shape index (κ2) is 7.66. The molecule has 0 heterocycles. The van der Waals surface area contributed by atoms with Crippen molar-refractivity contribution in [1.82, 2.24) is 4.90 Å². The molecule has 0 unspecified atom stereocenters. The number of nitrogens with zero attached hydrogens (tertiary/aromatic N) is 1. The molecular formula is C13H15BrN2O4. The van der Waals surface area contributed by atoms with Crippen molar-refractivity contribution >= 4 is 33.6 Å². The molecule has 1 aromatic carbocycles. The predicted molar refractivity (Wildman–Crippen MR) is 79.0 cm³/mol. The fourth-order valence-electron chi connectivity index (χ4n) is 1.54. The molecule has 6 nitrogen and oxygen atoms in total. The Morgan fingerprint density at radius 2 is 2.10 bits per heavy atom. The van der Waals surface area contributed by atoms with E-state index in [2.05, 4.69) is 27.8 Å². The van der Waals surface area contributed by atoms with E-state index < -0.39 is 12.0 Å². The number of anilines is 1. The number of carboxylic acids is 1. The summed E-state index contributed by atoms with van der Waals surface area (Å²) >= 11 is 3.19. The average Bonchev–Trinajstić information content (AvgIpc) is 2.37. The van der Waals surface area contributed by atoms with E-state index in [1.807, 2.05) is 0 Å². The molecule has 0 saturated heterocycles. The van der Waals surface area contributed by atoms with Crippen LogP contribution in [0.15, 0.2) is 35.3 Å². The third kappa shape index (κ3) is 4.67. The predicted octanol–water partition coefficient (Wildman–Crippen LogP) is 2.16. The number of hydrogen-bond acceptors (Lipinski definition) is 3. The van der Waals surface area contributed by atoms with E-state index in [0.717, 1.165) is 0 Å². The third-order valence-electron chi connectivity index (χ3n) is 2.40. The van der Waals surface area contributed by atoms with E-state index in [1.165, 1.54) is 17.0 Å². The number of carboxylic acid groups (broad SMARTS) is 1. The molecule has 1 aromatic rings. The number of hydrogen-bond donors (Lipinski definition) is 3. The number of rotatable bonds is 6. The third-order valence-corrected chi connectivity index (χ3v) is 2.86. The Morgan fingerprint density at radius 1 is 1.40 bits per heavy atom. The summed E-state index contributed by atoms with van der Waals surface area (Å²) in [5.74, 6) is -1.08. The minimum absolute atomic E-state index is 0.0621. The Bertz CT molecular complexity index is 519. The summed E-state index contributed by atoms with van der Waals surface area (Å²) in [7, 11) is 0. The van der Waals surface area contributed by atoms with Crippen molar-refractivity contribution in [3.8, 4) is 0 Å². The molecule has 3 N–H and O–H groups in total. The van der Waals surface area contributed by atoms with Gasteiger partial charge in [-0.05, 0) is 18.2 Å². The maximum Gasteiger partial charge on any atom is 0.335 e. The largest absolute Gasteiger partial charge is 0.478 e. The Labute approximate surface area is 124 Å². The normalized spacial score (nSPS) is 9.90. The molecule has 0 aromatic heterocycles. The molecule has 0 bridgehead atoms. The molecule has 7 heteroatoms. The van der Waals surface area contributed by atoms with Crippen LogP contribution in [-0.2, 0) is 0 Å². The molecular weight excluding hydrogens is 328 g/mol. The van der Waals surface area contributed by atoms with Gasteiger partial charge in [0.25, 0.3) is 0 Å². The smallest absolute Gasteiger partial charge is 0.335 e. The molecule has 0 aliphatic heterocycles. The van der Waals surface area contributed by atoms with Gasteiger partial charge in [0, 0.05) is 23.2 Å². The van der Waals surface area contributed by atoms with Crippen LogP contribution in [0, 0.1) is 0 Å². The van der Waals surface area contributed by atoms with Gasteiger partial charge in [0.05, 0.1) is 12.2 Å². The van der Waals surface area contributed by atoms with E-state index in [1.54, 1.807) is 12.1 Å². The molecule has 0 saturated carbocycles. The Morgan fingerprint density at radius 3 is 2.65 bits per heavy atom. The fourth-order valence-corrected chi connectivity index (χ4v) is 2.03. The molecule has 0 spiro atoms. The van der Waals surface area contributed by atoms with Crippen LogP contribution in [0.2, 0.25) is 0 Å². The number of carbonyl (C=O) groups is 2. The van der Waals surface area contributed by atoms with E-state index in [4.69, 9.17) is 10.2 Å². The summed E-state index contributed by atoms with van der Waals surface area (Å²) in [5, 5.41) is 20.4. The number of aliphatic hydroxyl groups is 1. The number of aliphatic hydroxyl groups excluding tert-OH is 1. The molecule has 1 rings (SSSR count). The van der Waals surface area contributed by atoms with Crippen molar-refractivity contribution in [3.63, 3.8) is 0 Å². The van der Waals surface area contributed by atoms with Crippen LogP contribution in [-0.4, -0.2) is 46.8 Å². The summed E-state index contributed by atoms with van der Waals surface area (Å²) in [6.07, 6.45) is 1.54. The highest BCUT2D eigenvalue weighted by Gasteiger charge is 2.13. The van der Waals surface area contributed by atoms with Crippen molar-refractivity contribution in [2.75, 3.05) is 25.0 Å². The maximum absolute atomic E-state index is 12.0. The molecule has 0 aliphatic carbocycles. The van der Waals surface area contributed by atoms with Crippen LogP contribution in [0.5, 0.6) is 0 Å². The van der Waals surface area contributed by atoms with Gasteiger partial charge in [0.2, 0.25) is 0 Å². The lowest BCUT2D eigenvalue weighted by Crippen LogP contribution is -2.37. The van der Waals surface area contributed by atoms with Crippen LogP contribution < -0.4 is 5.32 Å². The number of benzene rings is 1. The van der Waals surface area contributed by atoms with Crippen LogP contribution in [0.3, 0.4) is 0 Å². The fraction of sp³-hybridized carbons (Fsp3) is 0.231. The maximum atomic E-state index is 12.0. The van der Waals surface area contributed by atoms with Gasteiger partial charge >= 0.3 is 12.0 Å². The van der Waals surface area contributed by atoms with Crippen LogP contribution in [0.25, 0.3) is 0 Å². The second-order valence-electron chi connectivity index (χ2n) is 3.92. The topological polar surface area (TPSA) is 89.9 Å². The molecule has 0 atom stereocenters. The molecule has 0 fully saturated rings. The number of amides is 2. The van der Waals surface area contributed by atoms with E-state index in [9.17, 15) is 9.59 Å². The van der Waals surface area contributed by atoms with Gasteiger partial charge in [-0.25, -0.2) is 9.59 Å². The number of urea groups is 1. The SMILES string of the molecule is C=CCN(CCO)C(=O)Nc1cc(Br)cc(C(=O)O)c1. The van der Waals surface area contributed by atoms with Crippen molar-refractivity contribution in [1.29, 1.82) is 0 Å². The zero-order valence-corrected chi connectivity index (χ0v) is 12.3. The highest BCUT2D eigenvalue weighted by molar-refractivity contribution is 9.10. The molecule has 0 radical (unpaired) electrons. The molecule has 108 valence electrons. The van der Waals surface area contributed by atoms with Crippen LogP contribution >= 0.6 is 15.9 Å². The van der Waals surface area contributed by atoms with Gasteiger partial charge in [0.1, 0.15) is 0 Å². The highest BCUT2D eigenvalue weighted by Crippen LogP contribution is 2.20. The first kappa shape index (κ1) is 16.2. The number of halogens is 1. The van der Waals surface area contributed by atoms with E-state index >= 15 is 0 Å². The van der Waals surface area contributed by atoms with E-state index in [0.29, 0.717) is 10.2 Å². The van der Waals surface area contributed by atoms with Crippen molar-refractivity contribution in [2.24, 2.45) is 0 Å². The summed E-state index contributed by atoms with van der Waals surface area (Å²) in [5.41, 5.74) is 0.417. The Balaban J connectivity index is 2.88. The number of carbonyl (C=O) groups excluding carboxylic acids is 1. The summed E-state index contributed by atoms with van der Waals surface area (Å²) in [6, 6.07) is 3.95. The standard InChI is InChI=1S/C13H15BrN2O4/c1-2-3-16(4-5-17)13(20)15-11-7-9(12(18)19)6-10(14)8-11/h2,6-8,17H,1,3-5H2,(H,15,20)(H,18,19). The highest BCUT2D eigenvalue weighted by atomic mass is 79.9. The summed E-state index contributed by atoms with van der Waals surface area (Å²) < 4.78 is 0.546. The molecule has 0 aliphatic rings. The average molecular weight is 343 g/mol. The number of nitrogens with one attached hydrogen (secondary N) is 1. The van der Waals surface area contributed by atoms with Crippen LogP contribution in [0.1, 0.15) is 10.4 Å². The van der Waals surface area contributed by atoms with Gasteiger partial charge in [-0.1, -0.05) is 22.0 Å². The molecule has 2 amide bonds. The number of aromatic carboxylic acids is 1. The van der Waals surface area contributed by atoms with Gasteiger partial charge < -0.3 is 20.4 Å². The lowest BCUT2D eigenvalue weighted by Gasteiger charge is -2.20.